The highest BCUT2D eigenvalue weighted by Gasteiger charge is 2.47. The summed E-state index contributed by atoms with van der Waals surface area (Å²) in [4.78, 5) is 2.81. The lowest BCUT2D eigenvalue weighted by molar-refractivity contribution is 0.0681. The smallest absolute Gasteiger partial charge is 0.0450 e. The van der Waals surface area contributed by atoms with E-state index in [-0.39, 0.29) is 0 Å². The first-order valence-corrected chi connectivity index (χ1v) is 8.73. The zero-order valence-electron chi connectivity index (χ0n) is 12.3. The van der Waals surface area contributed by atoms with Gasteiger partial charge in [0.1, 0.15) is 0 Å². The number of hydrogen-bond acceptors (Lipinski definition) is 3. The summed E-state index contributed by atoms with van der Waals surface area (Å²) in [5, 5.41) is 0.698. The van der Waals surface area contributed by atoms with Crippen molar-refractivity contribution >= 4 is 11.8 Å². The maximum Gasteiger partial charge on any atom is 0.0450 e. The van der Waals surface area contributed by atoms with Gasteiger partial charge in [0.15, 0.2) is 0 Å². The maximum absolute atomic E-state index is 6.25. The van der Waals surface area contributed by atoms with Gasteiger partial charge in [-0.15, -0.1) is 0 Å². The lowest BCUT2D eigenvalue weighted by atomic mass is 9.86. The van der Waals surface area contributed by atoms with Crippen LogP contribution in [0.3, 0.4) is 0 Å². The van der Waals surface area contributed by atoms with Crippen molar-refractivity contribution in [3.8, 4) is 0 Å². The standard InChI is InChI=1S/C15H30N2S/c1-12(2)7-9-17(14-5-6-14)15(11-16)8-4-10-18-13(15)3/h12-14H,4-11,16H2,1-3H3. The van der Waals surface area contributed by atoms with E-state index in [0.717, 1.165) is 18.5 Å². The van der Waals surface area contributed by atoms with Crippen LogP contribution >= 0.6 is 11.8 Å². The summed E-state index contributed by atoms with van der Waals surface area (Å²) >= 11 is 2.14. The Hall–Kier alpha value is 0.270. The van der Waals surface area contributed by atoms with Gasteiger partial charge < -0.3 is 5.73 Å². The number of nitrogens with zero attached hydrogens (tertiary/aromatic N) is 1. The van der Waals surface area contributed by atoms with Crippen molar-refractivity contribution in [3.63, 3.8) is 0 Å². The maximum atomic E-state index is 6.25. The van der Waals surface area contributed by atoms with Crippen molar-refractivity contribution in [3.05, 3.63) is 0 Å². The SMILES string of the molecule is CC(C)CCN(C1CC1)C1(CN)CCCSC1C. The van der Waals surface area contributed by atoms with E-state index in [1.54, 1.807) is 0 Å². The van der Waals surface area contributed by atoms with E-state index in [1.807, 2.05) is 0 Å². The first kappa shape index (κ1) is 14.7. The van der Waals surface area contributed by atoms with Gasteiger partial charge in [-0.1, -0.05) is 20.8 Å². The highest BCUT2D eigenvalue weighted by atomic mass is 32.2. The molecule has 106 valence electrons. The van der Waals surface area contributed by atoms with Crippen molar-refractivity contribution in [2.24, 2.45) is 11.7 Å². The molecular formula is C15H30N2S. The van der Waals surface area contributed by atoms with Gasteiger partial charge in [-0.05, 0) is 50.3 Å². The molecule has 2 aliphatic rings. The van der Waals surface area contributed by atoms with Crippen LogP contribution in [0.15, 0.2) is 0 Å². The third kappa shape index (κ3) is 3.05. The molecule has 2 rings (SSSR count). The molecule has 0 spiro atoms. The molecule has 0 aromatic rings. The van der Waals surface area contributed by atoms with E-state index in [9.17, 15) is 0 Å². The summed E-state index contributed by atoms with van der Waals surface area (Å²) in [5.41, 5.74) is 6.54. The molecule has 2 fully saturated rings. The molecule has 0 aromatic carbocycles. The third-order valence-electron chi connectivity index (χ3n) is 4.74. The molecule has 1 aliphatic carbocycles. The molecule has 2 atom stereocenters. The average Bonchev–Trinajstić information content (AvgIpc) is 3.15. The fourth-order valence-corrected chi connectivity index (χ4v) is 4.64. The van der Waals surface area contributed by atoms with E-state index in [0.29, 0.717) is 10.8 Å². The minimum Gasteiger partial charge on any atom is -0.329 e. The normalized spacial score (nSPS) is 33.3. The molecular weight excluding hydrogens is 240 g/mol. The Balaban J connectivity index is 2.09. The summed E-state index contributed by atoms with van der Waals surface area (Å²) in [7, 11) is 0. The summed E-state index contributed by atoms with van der Waals surface area (Å²) < 4.78 is 0. The lowest BCUT2D eigenvalue weighted by Crippen LogP contribution is -2.62. The molecule has 2 nitrogen and oxygen atoms in total. The first-order chi connectivity index (χ1) is 8.60. The number of thioether (sulfide) groups is 1. The molecule has 0 amide bonds. The van der Waals surface area contributed by atoms with E-state index in [2.05, 4.69) is 37.4 Å². The van der Waals surface area contributed by atoms with Crippen molar-refractivity contribution in [2.75, 3.05) is 18.8 Å². The van der Waals surface area contributed by atoms with Gasteiger partial charge in [-0.25, -0.2) is 0 Å². The number of rotatable bonds is 6. The van der Waals surface area contributed by atoms with Crippen molar-refractivity contribution in [2.45, 2.75) is 69.7 Å². The Labute approximate surface area is 117 Å². The minimum absolute atomic E-state index is 0.291. The van der Waals surface area contributed by atoms with E-state index in [1.165, 1.54) is 44.4 Å². The molecule has 0 aromatic heterocycles. The molecule has 1 saturated heterocycles. The molecule has 1 aliphatic heterocycles. The predicted molar refractivity (Wildman–Crippen MR) is 82.1 cm³/mol. The molecule has 18 heavy (non-hydrogen) atoms. The molecule has 2 N–H and O–H groups in total. The van der Waals surface area contributed by atoms with Crippen LogP contribution < -0.4 is 5.73 Å². The fraction of sp³-hybridized carbons (Fsp3) is 1.00. The van der Waals surface area contributed by atoms with Gasteiger partial charge in [0.25, 0.3) is 0 Å². The monoisotopic (exact) mass is 270 g/mol. The van der Waals surface area contributed by atoms with E-state index >= 15 is 0 Å². The molecule has 3 heteroatoms. The topological polar surface area (TPSA) is 29.3 Å². The number of hydrogen-bond donors (Lipinski definition) is 1. The highest BCUT2D eigenvalue weighted by Crippen LogP contribution is 2.43. The first-order valence-electron chi connectivity index (χ1n) is 7.68. The highest BCUT2D eigenvalue weighted by molar-refractivity contribution is 8.00. The van der Waals surface area contributed by atoms with Crippen LogP contribution in [0.25, 0.3) is 0 Å². The van der Waals surface area contributed by atoms with Gasteiger partial charge in [-0.2, -0.15) is 11.8 Å². The molecule has 1 heterocycles. The van der Waals surface area contributed by atoms with Crippen molar-refractivity contribution in [1.82, 2.24) is 4.90 Å². The molecule has 1 saturated carbocycles. The lowest BCUT2D eigenvalue weighted by Gasteiger charge is -2.50. The Morgan fingerprint density at radius 1 is 1.39 bits per heavy atom. The summed E-state index contributed by atoms with van der Waals surface area (Å²) in [6.45, 7) is 9.17. The zero-order chi connectivity index (χ0) is 13.2. The largest absolute Gasteiger partial charge is 0.329 e. The van der Waals surface area contributed by atoms with E-state index < -0.39 is 0 Å². The molecule has 2 unspecified atom stereocenters. The molecule has 0 radical (unpaired) electrons. The second-order valence-electron chi connectivity index (χ2n) is 6.53. The van der Waals surface area contributed by atoms with Crippen LogP contribution in [0.5, 0.6) is 0 Å². The predicted octanol–water partition coefficient (Wildman–Crippen LogP) is 3.11. The van der Waals surface area contributed by atoms with E-state index in [4.69, 9.17) is 5.73 Å². The second-order valence-corrected chi connectivity index (χ2v) is 7.98. The van der Waals surface area contributed by atoms with Crippen molar-refractivity contribution < 1.29 is 0 Å². The van der Waals surface area contributed by atoms with Gasteiger partial charge in [0, 0.05) is 23.4 Å². The van der Waals surface area contributed by atoms with Gasteiger partial charge in [-0.3, -0.25) is 4.90 Å². The van der Waals surface area contributed by atoms with Crippen LogP contribution in [-0.2, 0) is 0 Å². The van der Waals surface area contributed by atoms with Crippen LogP contribution in [0, 0.1) is 5.92 Å². The quantitative estimate of drug-likeness (QED) is 0.804. The Morgan fingerprint density at radius 3 is 2.61 bits per heavy atom. The summed E-state index contributed by atoms with van der Waals surface area (Å²) in [6, 6.07) is 0.841. The fourth-order valence-electron chi connectivity index (χ4n) is 3.31. The van der Waals surface area contributed by atoms with Crippen molar-refractivity contribution in [1.29, 1.82) is 0 Å². The Morgan fingerprint density at radius 2 is 2.11 bits per heavy atom. The second kappa shape index (κ2) is 6.15. The van der Waals surface area contributed by atoms with Crippen LogP contribution in [-0.4, -0.2) is 40.6 Å². The zero-order valence-corrected chi connectivity index (χ0v) is 13.1. The Kier molecular flexibility index (Phi) is 5.01. The minimum atomic E-state index is 0.291. The molecule has 0 bridgehead atoms. The van der Waals surface area contributed by atoms with Gasteiger partial charge in [0.05, 0.1) is 0 Å². The number of nitrogens with two attached hydrogens (primary N) is 1. The van der Waals surface area contributed by atoms with Crippen LogP contribution in [0.2, 0.25) is 0 Å². The average molecular weight is 270 g/mol. The van der Waals surface area contributed by atoms with Crippen LogP contribution in [0.4, 0.5) is 0 Å². The van der Waals surface area contributed by atoms with Crippen LogP contribution in [0.1, 0.15) is 52.9 Å². The Bertz CT molecular complexity index is 265. The third-order valence-corrected chi connectivity index (χ3v) is 6.20. The summed E-state index contributed by atoms with van der Waals surface area (Å²) in [5.74, 6) is 2.12. The summed E-state index contributed by atoms with van der Waals surface area (Å²) in [6.07, 6.45) is 6.77. The van der Waals surface area contributed by atoms with Gasteiger partial charge in [0.2, 0.25) is 0 Å². The van der Waals surface area contributed by atoms with Gasteiger partial charge >= 0.3 is 0 Å².